The molecule has 0 aliphatic carbocycles. The van der Waals surface area contributed by atoms with Crippen molar-refractivity contribution in [3.8, 4) is 5.75 Å². The van der Waals surface area contributed by atoms with Gasteiger partial charge in [-0.15, -0.1) is 0 Å². The van der Waals surface area contributed by atoms with Gasteiger partial charge in [0.25, 0.3) is 0 Å². The highest BCUT2D eigenvalue weighted by Crippen LogP contribution is 2.27. The number of H-pyrrole nitrogens is 1. The number of benzene rings is 3. The van der Waals surface area contributed by atoms with Crippen LogP contribution in [0.3, 0.4) is 0 Å². The maximum atomic E-state index is 12.1. The standard InChI is InChI=1S/C26H24N4O3/c1-32-18-12-13-22-20(16-18)24(23-19-10-5-6-11-21(19)30-25(23)33-22)27-14-7-15-28-26(31)29-17-8-3-2-4-9-17/h2-6,8-13,16,30H,7,14-15H2,1H3,(H2,28,29,31). The van der Waals surface area contributed by atoms with E-state index in [0.717, 1.165) is 44.1 Å². The Morgan fingerprint density at radius 2 is 1.85 bits per heavy atom. The molecule has 0 atom stereocenters. The van der Waals surface area contributed by atoms with Gasteiger partial charge in [0.2, 0.25) is 5.71 Å². The van der Waals surface area contributed by atoms with Crippen LogP contribution in [-0.2, 0) is 0 Å². The van der Waals surface area contributed by atoms with Gasteiger partial charge >= 0.3 is 6.03 Å². The summed E-state index contributed by atoms with van der Waals surface area (Å²) in [5.41, 5.74) is 3.17. The molecule has 7 heteroatoms. The Kier molecular flexibility index (Phi) is 5.68. The van der Waals surface area contributed by atoms with Gasteiger partial charge in [-0.3, -0.25) is 4.99 Å². The zero-order valence-corrected chi connectivity index (χ0v) is 18.2. The Balaban J connectivity index is 1.42. The SMILES string of the molecule is COc1ccc2oc3[nH]c4ccccc4c3c(=NCCCNC(=O)Nc3ccccc3)c2c1. The number of aromatic nitrogens is 1. The molecule has 0 fully saturated rings. The lowest BCUT2D eigenvalue weighted by atomic mass is 10.1. The highest BCUT2D eigenvalue weighted by molar-refractivity contribution is 6.07. The van der Waals surface area contributed by atoms with Gasteiger partial charge in [0.05, 0.1) is 17.9 Å². The third-order valence-electron chi connectivity index (χ3n) is 5.48. The first-order chi connectivity index (χ1) is 16.2. The van der Waals surface area contributed by atoms with Crippen molar-refractivity contribution >= 4 is 44.7 Å². The number of urea groups is 1. The number of hydrogen-bond acceptors (Lipinski definition) is 4. The molecule has 2 aromatic heterocycles. The summed E-state index contributed by atoms with van der Waals surface area (Å²) in [6.07, 6.45) is 0.698. The summed E-state index contributed by atoms with van der Waals surface area (Å²) in [5.74, 6) is 0.743. The summed E-state index contributed by atoms with van der Waals surface area (Å²) in [7, 11) is 1.64. The van der Waals surface area contributed by atoms with E-state index < -0.39 is 0 Å². The summed E-state index contributed by atoms with van der Waals surface area (Å²) < 4.78 is 11.6. The number of para-hydroxylation sites is 2. The van der Waals surface area contributed by atoms with E-state index in [4.69, 9.17) is 14.1 Å². The van der Waals surface area contributed by atoms with E-state index >= 15 is 0 Å². The van der Waals surface area contributed by atoms with E-state index in [9.17, 15) is 4.79 Å². The van der Waals surface area contributed by atoms with Crippen molar-refractivity contribution in [2.75, 3.05) is 25.5 Å². The first-order valence-electron chi connectivity index (χ1n) is 10.8. The lowest BCUT2D eigenvalue weighted by molar-refractivity contribution is 0.252. The Hall–Kier alpha value is -4.26. The number of carbonyl (C=O) groups excluding carboxylic acids is 1. The van der Waals surface area contributed by atoms with Crippen molar-refractivity contribution < 1.29 is 13.9 Å². The molecule has 0 unspecified atom stereocenters. The van der Waals surface area contributed by atoms with Crippen LogP contribution < -0.4 is 20.7 Å². The molecule has 166 valence electrons. The normalized spacial score (nSPS) is 11.8. The molecular weight excluding hydrogens is 416 g/mol. The van der Waals surface area contributed by atoms with Crippen LogP contribution in [0, 0.1) is 0 Å². The fourth-order valence-corrected chi connectivity index (χ4v) is 3.92. The second kappa shape index (κ2) is 9.08. The Morgan fingerprint density at radius 1 is 1.03 bits per heavy atom. The molecular formula is C26H24N4O3. The minimum absolute atomic E-state index is 0.228. The topological polar surface area (TPSA) is 91.7 Å². The van der Waals surface area contributed by atoms with Crippen LogP contribution in [0.5, 0.6) is 5.75 Å². The van der Waals surface area contributed by atoms with Crippen LogP contribution in [0.25, 0.3) is 33.0 Å². The molecule has 33 heavy (non-hydrogen) atoms. The van der Waals surface area contributed by atoms with Gasteiger partial charge < -0.3 is 24.8 Å². The summed E-state index contributed by atoms with van der Waals surface area (Å²) in [4.78, 5) is 20.4. The average molecular weight is 441 g/mol. The molecule has 5 aromatic rings. The number of rotatable bonds is 6. The first kappa shape index (κ1) is 20.6. The quantitative estimate of drug-likeness (QED) is 0.317. The zero-order valence-electron chi connectivity index (χ0n) is 18.2. The third-order valence-corrected chi connectivity index (χ3v) is 5.48. The van der Waals surface area contributed by atoms with Gasteiger partial charge in [0, 0.05) is 35.1 Å². The maximum absolute atomic E-state index is 12.1. The summed E-state index contributed by atoms with van der Waals surface area (Å²) >= 11 is 0. The van der Waals surface area contributed by atoms with E-state index in [2.05, 4.69) is 21.7 Å². The van der Waals surface area contributed by atoms with Crippen LogP contribution in [-0.4, -0.2) is 31.2 Å². The highest BCUT2D eigenvalue weighted by Gasteiger charge is 2.13. The number of carbonyl (C=O) groups is 1. The van der Waals surface area contributed by atoms with Crippen LogP contribution in [0.1, 0.15) is 6.42 Å². The van der Waals surface area contributed by atoms with Crippen LogP contribution in [0.2, 0.25) is 0 Å². The number of aromatic amines is 1. The molecule has 0 spiro atoms. The number of anilines is 1. The smallest absolute Gasteiger partial charge is 0.319 e. The van der Waals surface area contributed by atoms with Gasteiger partial charge in [0.15, 0.2) is 0 Å². The maximum Gasteiger partial charge on any atom is 0.319 e. The fraction of sp³-hybridized carbons (Fsp3) is 0.154. The zero-order chi connectivity index (χ0) is 22.6. The Morgan fingerprint density at radius 3 is 2.70 bits per heavy atom. The van der Waals surface area contributed by atoms with Crippen molar-refractivity contribution in [1.29, 1.82) is 0 Å². The summed E-state index contributed by atoms with van der Waals surface area (Å²) in [5, 5.41) is 9.45. The molecule has 0 aliphatic heterocycles. The number of amides is 2. The minimum atomic E-state index is -0.228. The van der Waals surface area contributed by atoms with E-state index in [1.807, 2.05) is 66.7 Å². The van der Waals surface area contributed by atoms with Gasteiger partial charge in [0.1, 0.15) is 11.3 Å². The van der Waals surface area contributed by atoms with Crippen LogP contribution in [0.4, 0.5) is 10.5 Å². The molecule has 0 saturated heterocycles. The van der Waals surface area contributed by atoms with E-state index in [1.165, 1.54) is 0 Å². The third kappa shape index (κ3) is 4.25. The lowest BCUT2D eigenvalue weighted by Gasteiger charge is -2.07. The van der Waals surface area contributed by atoms with Crippen molar-refractivity contribution in [2.24, 2.45) is 4.99 Å². The van der Waals surface area contributed by atoms with Gasteiger partial charge in [-0.2, -0.15) is 0 Å². The molecule has 5 rings (SSSR count). The molecule has 2 amide bonds. The molecule has 7 nitrogen and oxygen atoms in total. The number of ether oxygens (including phenoxy) is 1. The Labute approximate surface area is 190 Å². The first-order valence-corrected chi connectivity index (χ1v) is 10.8. The van der Waals surface area contributed by atoms with Crippen molar-refractivity contribution in [3.63, 3.8) is 0 Å². The molecule has 3 aromatic carbocycles. The average Bonchev–Trinajstić information content (AvgIpc) is 3.21. The number of nitrogens with one attached hydrogen (secondary N) is 3. The molecule has 0 radical (unpaired) electrons. The van der Waals surface area contributed by atoms with E-state index in [1.54, 1.807) is 7.11 Å². The molecule has 2 heterocycles. The number of methoxy groups -OCH3 is 1. The van der Waals surface area contributed by atoms with Gasteiger partial charge in [-0.25, -0.2) is 4.79 Å². The second-order valence-electron chi connectivity index (χ2n) is 7.67. The lowest BCUT2D eigenvalue weighted by Crippen LogP contribution is -2.29. The predicted octanol–water partition coefficient (Wildman–Crippen LogP) is 5.19. The highest BCUT2D eigenvalue weighted by atomic mass is 16.5. The van der Waals surface area contributed by atoms with Gasteiger partial charge in [-0.1, -0.05) is 36.4 Å². The minimum Gasteiger partial charge on any atom is -0.497 e. The number of hydrogen-bond donors (Lipinski definition) is 3. The van der Waals surface area contributed by atoms with Crippen LogP contribution in [0.15, 0.2) is 82.2 Å². The van der Waals surface area contributed by atoms with Crippen molar-refractivity contribution in [2.45, 2.75) is 6.42 Å². The Bertz CT molecular complexity index is 1500. The summed E-state index contributed by atoms with van der Waals surface area (Å²) in [6, 6.07) is 22.9. The van der Waals surface area contributed by atoms with E-state index in [0.29, 0.717) is 25.2 Å². The monoisotopic (exact) mass is 440 g/mol. The van der Waals surface area contributed by atoms with E-state index in [-0.39, 0.29) is 6.03 Å². The summed E-state index contributed by atoms with van der Waals surface area (Å²) in [6.45, 7) is 1.06. The molecule has 3 N–H and O–H groups in total. The van der Waals surface area contributed by atoms with Crippen molar-refractivity contribution in [1.82, 2.24) is 10.3 Å². The second-order valence-corrected chi connectivity index (χ2v) is 7.67. The van der Waals surface area contributed by atoms with Crippen molar-refractivity contribution in [3.05, 3.63) is 78.2 Å². The number of fused-ring (bicyclic) bond motifs is 4. The fourth-order valence-electron chi connectivity index (χ4n) is 3.92. The largest absolute Gasteiger partial charge is 0.497 e. The molecule has 0 aliphatic rings. The van der Waals surface area contributed by atoms with Crippen LogP contribution >= 0.6 is 0 Å². The molecule has 0 saturated carbocycles. The predicted molar refractivity (Wildman–Crippen MR) is 131 cm³/mol. The molecule has 0 bridgehead atoms. The number of nitrogens with zero attached hydrogens (tertiary/aromatic N) is 1. The van der Waals surface area contributed by atoms with Gasteiger partial charge in [-0.05, 0) is 42.8 Å².